The van der Waals surface area contributed by atoms with Crippen LogP contribution in [0, 0.1) is 6.92 Å². The number of imidazole rings is 1. The molecule has 3 aromatic rings. The van der Waals surface area contributed by atoms with Crippen LogP contribution in [0.2, 0.25) is 0 Å². The molecule has 0 fully saturated rings. The summed E-state index contributed by atoms with van der Waals surface area (Å²) in [5.41, 5.74) is 2.14. The lowest BCUT2D eigenvalue weighted by Gasteiger charge is -2.05. The lowest BCUT2D eigenvalue weighted by Crippen LogP contribution is -1.94. The molecule has 0 N–H and O–H groups in total. The van der Waals surface area contributed by atoms with Gasteiger partial charge in [0.25, 0.3) is 0 Å². The number of benzene rings is 1. The summed E-state index contributed by atoms with van der Waals surface area (Å²) >= 11 is 1.60. The Morgan fingerprint density at radius 1 is 1.19 bits per heavy atom. The van der Waals surface area contributed by atoms with Gasteiger partial charge in [0, 0.05) is 25.0 Å². The fourth-order valence-electron chi connectivity index (χ4n) is 1.89. The highest BCUT2D eigenvalue weighted by Crippen LogP contribution is 2.33. The molecule has 6 heteroatoms. The monoisotopic (exact) mass is 300 g/mol. The van der Waals surface area contributed by atoms with E-state index in [0.29, 0.717) is 11.8 Å². The average Bonchev–Trinajstić information content (AvgIpc) is 3.10. The molecule has 2 heterocycles. The van der Waals surface area contributed by atoms with Gasteiger partial charge >= 0.3 is 0 Å². The van der Waals surface area contributed by atoms with Crippen molar-refractivity contribution in [3.8, 4) is 11.5 Å². The molecule has 0 radical (unpaired) electrons. The fourth-order valence-corrected chi connectivity index (χ4v) is 2.75. The van der Waals surface area contributed by atoms with Gasteiger partial charge < -0.3 is 8.98 Å². The Labute approximate surface area is 127 Å². The maximum atomic E-state index is 5.78. The Morgan fingerprint density at radius 2 is 1.95 bits per heavy atom. The molecule has 0 aliphatic carbocycles. The number of thioether (sulfide) groups is 1. The van der Waals surface area contributed by atoms with Crippen molar-refractivity contribution in [2.75, 3.05) is 0 Å². The van der Waals surface area contributed by atoms with E-state index in [0.717, 1.165) is 10.7 Å². The standard InChI is InChI=1S/C15H16N4OS/c1-10-4-6-12(7-5-10)14-18-17-13(20-14)11(2)21-15-16-8-9-19(15)3/h4-9,11H,1-3H3/t11-/m0/s1. The summed E-state index contributed by atoms with van der Waals surface area (Å²) < 4.78 is 7.75. The van der Waals surface area contributed by atoms with Crippen LogP contribution in [0.25, 0.3) is 11.5 Å². The van der Waals surface area contributed by atoms with Crippen LogP contribution in [0.15, 0.2) is 46.2 Å². The third-order valence-corrected chi connectivity index (χ3v) is 4.31. The van der Waals surface area contributed by atoms with Crippen molar-refractivity contribution in [2.24, 2.45) is 7.05 Å². The van der Waals surface area contributed by atoms with Gasteiger partial charge in [0.1, 0.15) is 0 Å². The molecule has 0 bridgehead atoms. The Hall–Kier alpha value is -2.08. The molecule has 1 aromatic carbocycles. The van der Waals surface area contributed by atoms with Gasteiger partial charge in [0.15, 0.2) is 5.16 Å². The van der Waals surface area contributed by atoms with Gasteiger partial charge in [-0.25, -0.2) is 4.98 Å². The largest absolute Gasteiger partial charge is 0.419 e. The molecule has 2 aromatic heterocycles. The van der Waals surface area contributed by atoms with Gasteiger partial charge in [0.05, 0.1) is 5.25 Å². The van der Waals surface area contributed by atoms with Crippen LogP contribution < -0.4 is 0 Å². The highest BCUT2D eigenvalue weighted by Gasteiger charge is 2.17. The summed E-state index contributed by atoms with van der Waals surface area (Å²) in [6, 6.07) is 8.04. The molecule has 0 saturated carbocycles. The Morgan fingerprint density at radius 3 is 2.62 bits per heavy atom. The first-order valence-corrected chi connectivity index (χ1v) is 7.56. The molecule has 0 unspecified atom stereocenters. The number of aryl methyl sites for hydroxylation is 2. The second-order valence-corrected chi connectivity index (χ2v) is 6.20. The van der Waals surface area contributed by atoms with Crippen molar-refractivity contribution in [3.63, 3.8) is 0 Å². The summed E-state index contributed by atoms with van der Waals surface area (Å²) in [5, 5.41) is 9.26. The number of aromatic nitrogens is 4. The molecule has 0 saturated heterocycles. The molecule has 0 amide bonds. The van der Waals surface area contributed by atoms with Gasteiger partial charge in [-0.3, -0.25) is 0 Å². The first-order chi connectivity index (χ1) is 10.1. The van der Waals surface area contributed by atoms with E-state index in [-0.39, 0.29) is 5.25 Å². The quantitative estimate of drug-likeness (QED) is 0.689. The summed E-state index contributed by atoms with van der Waals surface area (Å²) in [6.07, 6.45) is 3.70. The van der Waals surface area contributed by atoms with Crippen molar-refractivity contribution >= 4 is 11.8 Å². The zero-order valence-electron chi connectivity index (χ0n) is 12.1. The molecule has 21 heavy (non-hydrogen) atoms. The number of nitrogens with zero attached hydrogens (tertiary/aromatic N) is 4. The maximum Gasteiger partial charge on any atom is 0.247 e. The van der Waals surface area contributed by atoms with E-state index in [1.807, 2.05) is 49.0 Å². The van der Waals surface area contributed by atoms with Gasteiger partial charge in [-0.05, 0) is 26.0 Å². The van der Waals surface area contributed by atoms with E-state index in [4.69, 9.17) is 4.42 Å². The zero-order valence-corrected chi connectivity index (χ0v) is 13.0. The van der Waals surface area contributed by atoms with Crippen LogP contribution in [0.3, 0.4) is 0 Å². The van der Waals surface area contributed by atoms with E-state index in [2.05, 4.69) is 22.1 Å². The molecular weight excluding hydrogens is 284 g/mol. The molecule has 1 atom stereocenters. The van der Waals surface area contributed by atoms with Gasteiger partial charge in [-0.2, -0.15) is 0 Å². The normalized spacial score (nSPS) is 12.5. The topological polar surface area (TPSA) is 56.7 Å². The number of rotatable bonds is 4. The van der Waals surface area contributed by atoms with Crippen LogP contribution in [0.4, 0.5) is 0 Å². The van der Waals surface area contributed by atoms with E-state index >= 15 is 0 Å². The van der Waals surface area contributed by atoms with E-state index < -0.39 is 0 Å². The summed E-state index contributed by atoms with van der Waals surface area (Å²) in [6.45, 7) is 4.08. The minimum Gasteiger partial charge on any atom is -0.419 e. The minimum atomic E-state index is 0.0535. The van der Waals surface area contributed by atoms with Crippen molar-refractivity contribution in [1.29, 1.82) is 0 Å². The van der Waals surface area contributed by atoms with Crippen molar-refractivity contribution in [3.05, 3.63) is 48.1 Å². The highest BCUT2D eigenvalue weighted by atomic mass is 32.2. The van der Waals surface area contributed by atoms with Gasteiger partial charge in [-0.15, -0.1) is 10.2 Å². The number of hydrogen-bond donors (Lipinski definition) is 0. The maximum absolute atomic E-state index is 5.78. The Bertz CT molecular complexity index is 732. The SMILES string of the molecule is Cc1ccc(-c2nnc([C@H](C)Sc3nccn3C)o2)cc1. The summed E-state index contributed by atoms with van der Waals surface area (Å²) in [5.74, 6) is 1.16. The Kier molecular flexibility index (Phi) is 3.79. The fraction of sp³-hybridized carbons (Fsp3) is 0.267. The van der Waals surface area contributed by atoms with E-state index in [1.165, 1.54) is 5.56 Å². The molecule has 3 rings (SSSR count). The highest BCUT2D eigenvalue weighted by molar-refractivity contribution is 7.99. The smallest absolute Gasteiger partial charge is 0.247 e. The Balaban J connectivity index is 1.78. The lowest BCUT2D eigenvalue weighted by molar-refractivity contribution is 0.508. The lowest BCUT2D eigenvalue weighted by atomic mass is 10.1. The predicted molar refractivity (Wildman–Crippen MR) is 82.0 cm³/mol. The van der Waals surface area contributed by atoms with Gasteiger partial charge in [0.2, 0.25) is 11.8 Å². The van der Waals surface area contributed by atoms with E-state index in [1.54, 1.807) is 18.0 Å². The molecule has 108 valence electrons. The number of hydrogen-bond acceptors (Lipinski definition) is 5. The van der Waals surface area contributed by atoms with Crippen molar-refractivity contribution in [1.82, 2.24) is 19.7 Å². The molecular formula is C15H16N4OS. The molecule has 5 nitrogen and oxygen atoms in total. The van der Waals surface area contributed by atoms with Crippen LogP contribution in [-0.4, -0.2) is 19.7 Å². The van der Waals surface area contributed by atoms with Crippen LogP contribution >= 0.6 is 11.8 Å². The molecule has 0 spiro atoms. The second kappa shape index (κ2) is 5.73. The van der Waals surface area contributed by atoms with E-state index in [9.17, 15) is 0 Å². The molecule has 0 aliphatic rings. The van der Waals surface area contributed by atoms with Gasteiger partial charge in [-0.1, -0.05) is 29.5 Å². The second-order valence-electron chi connectivity index (χ2n) is 4.89. The van der Waals surface area contributed by atoms with Crippen molar-refractivity contribution < 1.29 is 4.42 Å². The average molecular weight is 300 g/mol. The zero-order chi connectivity index (χ0) is 14.8. The van der Waals surface area contributed by atoms with Crippen molar-refractivity contribution in [2.45, 2.75) is 24.3 Å². The third kappa shape index (κ3) is 3.00. The summed E-state index contributed by atoms with van der Waals surface area (Å²) in [7, 11) is 1.97. The van der Waals surface area contributed by atoms with Crippen LogP contribution in [0.1, 0.15) is 23.6 Å². The summed E-state index contributed by atoms with van der Waals surface area (Å²) in [4.78, 5) is 4.29. The van der Waals surface area contributed by atoms with Crippen LogP contribution in [0.5, 0.6) is 0 Å². The molecule has 0 aliphatic heterocycles. The minimum absolute atomic E-state index is 0.0535. The van der Waals surface area contributed by atoms with Crippen LogP contribution in [-0.2, 0) is 7.05 Å². The first-order valence-electron chi connectivity index (χ1n) is 6.68. The predicted octanol–water partition coefficient (Wildman–Crippen LogP) is 3.63. The first kappa shape index (κ1) is 13.9. The third-order valence-electron chi connectivity index (χ3n) is 3.15.